The lowest BCUT2D eigenvalue weighted by Crippen LogP contribution is -2.25. The van der Waals surface area contributed by atoms with Gasteiger partial charge >= 0.3 is 5.97 Å². The Balaban J connectivity index is 3.24. The summed E-state index contributed by atoms with van der Waals surface area (Å²) < 4.78 is 70.7. The molecule has 112 valence electrons. The van der Waals surface area contributed by atoms with Crippen molar-refractivity contribution in [1.82, 2.24) is 0 Å². The monoisotopic (exact) mass is 296 g/mol. The predicted molar refractivity (Wildman–Crippen MR) is 60.2 cm³/mol. The molecule has 0 aliphatic heterocycles. The lowest BCUT2D eigenvalue weighted by Gasteiger charge is -2.22. The fourth-order valence-electron chi connectivity index (χ4n) is 1.38. The topological polar surface area (TPSA) is 26.3 Å². The van der Waals surface area contributed by atoms with Crippen molar-refractivity contribution in [3.05, 3.63) is 34.6 Å². The van der Waals surface area contributed by atoms with Crippen LogP contribution in [0.4, 0.5) is 22.0 Å². The molecular formula is C13H13F5O2. The summed E-state index contributed by atoms with van der Waals surface area (Å²) in [7, 11) is 0. The van der Waals surface area contributed by atoms with Crippen LogP contribution < -0.4 is 0 Å². The van der Waals surface area contributed by atoms with E-state index in [0.29, 0.717) is 0 Å². The average Bonchev–Trinajstić information content (AvgIpc) is 2.33. The lowest BCUT2D eigenvalue weighted by molar-refractivity contribution is -0.158. The highest BCUT2D eigenvalue weighted by Crippen LogP contribution is 2.31. The molecule has 20 heavy (non-hydrogen) atoms. The van der Waals surface area contributed by atoms with Crippen molar-refractivity contribution in [2.24, 2.45) is 5.41 Å². The molecular weight excluding hydrogens is 283 g/mol. The van der Waals surface area contributed by atoms with Crippen LogP contribution in [0.2, 0.25) is 0 Å². The van der Waals surface area contributed by atoms with Crippen LogP contribution in [0.5, 0.6) is 0 Å². The summed E-state index contributed by atoms with van der Waals surface area (Å²) in [4.78, 5) is 11.6. The number of ether oxygens (including phenoxy) is 1. The van der Waals surface area contributed by atoms with Crippen LogP contribution in [0.15, 0.2) is 0 Å². The van der Waals surface area contributed by atoms with Gasteiger partial charge < -0.3 is 4.74 Å². The van der Waals surface area contributed by atoms with Gasteiger partial charge in [-0.25, -0.2) is 22.0 Å². The van der Waals surface area contributed by atoms with Gasteiger partial charge in [-0.1, -0.05) is 0 Å². The standard InChI is InChI=1S/C13H13F5O2/c1-5(20-12(19)13(2,3)4)6-7(14)9(16)11(18)10(17)8(6)15/h5H,1-4H3. The van der Waals surface area contributed by atoms with Crippen molar-refractivity contribution in [1.29, 1.82) is 0 Å². The number of carbonyl (C=O) groups is 1. The fourth-order valence-corrected chi connectivity index (χ4v) is 1.38. The zero-order valence-electron chi connectivity index (χ0n) is 11.3. The van der Waals surface area contributed by atoms with Crippen molar-refractivity contribution in [3.63, 3.8) is 0 Å². The third-order valence-corrected chi connectivity index (χ3v) is 2.55. The van der Waals surface area contributed by atoms with Crippen LogP contribution in [-0.4, -0.2) is 5.97 Å². The smallest absolute Gasteiger partial charge is 0.311 e. The molecule has 1 unspecified atom stereocenters. The second-order valence-corrected chi connectivity index (χ2v) is 5.28. The zero-order chi connectivity index (χ0) is 15.8. The minimum Gasteiger partial charge on any atom is -0.457 e. The van der Waals surface area contributed by atoms with E-state index in [1.807, 2.05) is 0 Å². The van der Waals surface area contributed by atoms with E-state index < -0.39 is 52.1 Å². The molecule has 1 rings (SSSR count). The highest BCUT2D eigenvalue weighted by molar-refractivity contribution is 5.75. The van der Waals surface area contributed by atoms with Gasteiger partial charge in [-0.2, -0.15) is 0 Å². The summed E-state index contributed by atoms with van der Waals surface area (Å²) in [6, 6.07) is 0. The maximum Gasteiger partial charge on any atom is 0.311 e. The molecule has 0 radical (unpaired) electrons. The van der Waals surface area contributed by atoms with E-state index in [1.165, 1.54) is 20.8 Å². The molecule has 0 saturated heterocycles. The Morgan fingerprint density at radius 1 is 0.900 bits per heavy atom. The van der Waals surface area contributed by atoms with Crippen molar-refractivity contribution < 1.29 is 31.5 Å². The normalized spacial score (nSPS) is 13.2. The molecule has 1 aromatic rings. The third-order valence-electron chi connectivity index (χ3n) is 2.55. The maximum atomic E-state index is 13.5. The van der Waals surface area contributed by atoms with Gasteiger partial charge in [0.2, 0.25) is 5.82 Å². The van der Waals surface area contributed by atoms with Crippen LogP contribution in [0.1, 0.15) is 39.4 Å². The number of hydrogen-bond acceptors (Lipinski definition) is 2. The highest BCUT2D eigenvalue weighted by Gasteiger charge is 2.32. The van der Waals surface area contributed by atoms with E-state index in [4.69, 9.17) is 4.74 Å². The Morgan fingerprint density at radius 2 is 1.25 bits per heavy atom. The fraction of sp³-hybridized carbons (Fsp3) is 0.462. The number of esters is 1. The number of benzene rings is 1. The van der Waals surface area contributed by atoms with Crippen LogP contribution in [0.25, 0.3) is 0 Å². The number of hydrogen-bond donors (Lipinski definition) is 0. The molecule has 1 aromatic carbocycles. The number of halogens is 5. The van der Waals surface area contributed by atoms with Gasteiger partial charge in [-0.05, 0) is 27.7 Å². The summed E-state index contributed by atoms with van der Waals surface area (Å²) in [5.74, 6) is -11.2. The van der Waals surface area contributed by atoms with Gasteiger partial charge in [-0.15, -0.1) is 0 Å². The average molecular weight is 296 g/mol. The van der Waals surface area contributed by atoms with Crippen LogP contribution in [-0.2, 0) is 9.53 Å². The molecule has 0 aliphatic carbocycles. The molecule has 7 heteroatoms. The Hall–Kier alpha value is -1.66. The van der Waals surface area contributed by atoms with E-state index in [9.17, 15) is 26.7 Å². The third kappa shape index (κ3) is 2.91. The molecule has 0 heterocycles. The molecule has 0 amide bonds. The molecule has 0 aliphatic rings. The Labute approximate surface area is 112 Å². The Bertz CT molecular complexity index is 520. The van der Waals surface area contributed by atoms with Crippen molar-refractivity contribution in [2.75, 3.05) is 0 Å². The number of rotatable bonds is 2. The molecule has 2 nitrogen and oxygen atoms in total. The van der Waals surface area contributed by atoms with Crippen molar-refractivity contribution in [2.45, 2.75) is 33.8 Å². The molecule has 0 saturated carbocycles. The minimum absolute atomic E-state index is 0.825. The first-order valence-electron chi connectivity index (χ1n) is 5.70. The van der Waals surface area contributed by atoms with Gasteiger partial charge in [0.05, 0.1) is 11.0 Å². The zero-order valence-corrected chi connectivity index (χ0v) is 11.3. The summed E-state index contributed by atoms with van der Waals surface area (Å²) in [6.07, 6.45) is -1.61. The molecule has 0 spiro atoms. The summed E-state index contributed by atoms with van der Waals surface area (Å²) in [5.41, 5.74) is -2.14. The molecule has 0 N–H and O–H groups in total. The van der Waals surface area contributed by atoms with Gasteiger partial charge in [0, 0.05) is 0 Å². The SMILES string of the molecule is CC(OC(=O)C(C)(C)C)c1c(F)c(F)c(F)c(F)c1F. The first-order chi connectivity index (χ1) is 8.98. The van der Waals surface area contributed by atoms with E-state index in [1.54, 1.807) is 0 Å². The Kier molecular flexibility index (Phi) is 4.41. The number of carbonyl (C=O) groups excluding carboxylic acids is 1. The molecule has 0 bridgehead atoms. The highest BCUT2D eigenvalue weighted by atomic mass is 19.2. The van der Waals surface area contributed by atoms with E-state index in [0.717, 1.165) is 6.92 Å². The van der Waals surface area contributed by atoms with E-state index >= 15 is 0 Å². The van der Waals surface area contributed by atoms with Gasteiger partial charge in [0.25, 0.3) is 0 Å². The van der Waals surface area contributed by atoms with E-state index in [2.05, 4.69) is 0 Å². The summed E-state index contributed by atoms with van der Waals surface area (Å²) in [6.45, 7) is 5.49. The molecule has 1 atom stereocenters. The van der Waals surface area contributed by atoms with Gasteiger partial charge in [-0.3, -0.25) is 4.79 Å². The van der Waals surface area contributed by atoms with E-state index in [-0.39, 0.29) is 0 Å². The predicted octanol–water partition coefficient (Wildman–Crippen LogP) is 4.03. The van der Waals surface area contributed by atoms with Crippen LogP contribution in [0.3, 0.4) is 0 Å². The largest absolute Gasteiger partial charge is 0.457 e. The van der Waals surface area contributed by atoms with Crippen molar-refractivity contribution in [3.8, 4) is 0 Å². The maximum absolute atomic E-state index is 13.5. The minimum atomic E-state index is -2.25. The first kappa shape index (κ1) is 16.4. The molecule has 0 fully saturated rings. The van der Waals surface area contributed by atoms with Crippen LogP contribution >= 0.6 is 0 Å². The second kappa shape index (κ2) is 5.38. The Morgan fingerprint density at radius 3 is 1.60 bits per heavy atom. The quantitative estimate of drug-likeness (QED) is 0.356. The van der Waals surface area contributed by atoms with Crippen LogP contribution in [0, 0.1) is 34.5 Å². The van der Waals surface area contributed by atoms with Gasteiger partial charge in [0.15, 0.2) is 23.3 Å². The first-order valence-corrected chi connectivity index (χ1v) is 5.70. The van der Waals surface area contributed by atoms with Gasteiger partial charge in [0.1, 0.15) is 6.10 Å². The lowest BCUT2D eigenvalue weighted by atomic mass is 9.97. The summed E-state index contributed by atoms with van der Waals surface area (Å²) in [5, 5.41) is 0. The van der Waals surface area contributed by atoms with Crippen molar-refractivity contribution >= 4 is 5.97 Å². The second-order valence-electron chi connectivity index (χ2n) is 5.28. The molecule has 0 aromatic heterocycles. The summed E-state index contributed by atoms with van der Waals surface area (Å²) >= 11 is 0.